The first kappa shape index (κ1) is 26.0. The number of nitrogens with zero attached hydrogens (tertiary/aromatic N) is 1. The number of carboxylic acids is 2. The number of carboxylic acid groups (broad SMARTS) is 2. The average molecular weight is 482 g/mol. The van der Waals surface area contributed by atoms with Crippen LogP contribution in [0.3, 0.4) is 0 Å². The molecule has 2 aliphatic rings. The number of carbonyl (C=O) groups is 2. The summed E-state index contributed by atoms with van der Waals surface area (Å²) in [5, 5.41) is 15.6. The smallest absolute Gasteiger partial charge is 0.328 e. The van der Waals surface area contributed by atoms with Crippen molar-refractivity contribution >= 4 is 17.5 Å². The van der Waals surface area contributed by atoms with Crippen LogP contribution in [0.25, 0.3) is 16.7 Å². The molecule has 35 heavy (non-hydrogen) atoms. The number of hydrogen-bond donors (Lipinski definition) is 2. The Morgan fingerprint density at radius 2 is 1.63 bits per heavy atom. The Bertz CT molecular complexity index is 1080. The zero-order chi connectivity index (χ0) is 25.2. The van der Waals surface area contributed by atoms with Gasteiger partial charge in [-0.15, -0.1) is 0 Å². The molecule has 186 valence electrons. The van der Waals surface area contributed by atoms with Gasteiger partial charge in [0, 0.05) is 31.8 Å². The van der Waals surface area contributed by atoms with Crippen LogP contribution < -0.4 is 9.47 Å². The van der Waals surface area contributed by atoms with Crippen molar-refractivity contribution in [2.45, 2.75) is 12.8 Å². The van der Waals surface area contributed by atoms with Gasteiger partial charge in [0.2, 0.25) is 0 Å². The maximum atomic E-state index is 9.55. The van der Waals surface area contributed by atoms with Crippen LogP contribution in [-0.4, -0.2) is 74.1 Å². The average Bonchev–Trinajstić information content (AvgIpc) is 3.30. The van der Waals surface area contributed by atoms with E-state index in [1.165, 1.54) is 27.8 Å². The summed E-state index contributed by atoms with van der Waals surface area (Å²) in [5.74, 6) is -0.982. The molecule has 4 rings (SSSR count). The summed E-state index contributed by atoms with van der Waals surface area (Å²) in [4.78, 5) is 21.6. The molecule has 0 radical (unpaired) electrons. The Kier molecular flexibility index (Phi) is 9.46. The third kappa shape index (κ3) is 7.18. The van der Waals surface area contributed by atoms with Crippen LogP contribution in [0.15, 0.2) is 54.6 Å². The molecular formula is C27H31NO7. The van der Waals surface area contributed by atoms with E-state index in [4.69, 9.17) is 24.4 Å². The molecule has 8 nitrogen and oxygen atoms in total. The minimum atomic E-state index is -1.26. The van der Waals surface area contributed by atoms with Crippen molar-refractivity contribution in [2.24, 2.45) is 0 Å². The number of allylic oxidation sites excluding steroid dienone is 1. The summed E-state index contributed by atoms with van der Waals surface area (Å²) >= 11 is 0. The highest BCUT2D eigenvalue weighted by Crippen LogP contribution is 2.39. The fraction of sp³-hybridized carbons (Fsp3) is 0.333. The monoisotopic (exact) mass is 481 g/mol. The van der Waals surface area contributed by atoms with Crippen LogP contribution in [0.4, 0.5) is 0 Å². The van der Waals surface area contributed by atoms with E-state index in [0.717, 1.165) is 57.2 Å². The van der Waals surface area contributed by atoms with Crippen molar-refractivity contribution in [3.8, 4) is 22.6 Å². The predicted octanol–water partition coefficient (Wildman–Crippen LogP) is 3.74. The number of fused-ring (bicyclic) bond motifs is 1. The predicted molar refractivity (Wildman–Crippen MR) is 133 cm³/mol. The van der Waals surface area contributed by atoms with Crippen LogP contribution >= 0.6 is 0 Å². The number of benzene rings is 2. The molecule has 2 aromatic carbocycles. The van der Waals surface area contributed by atoms with Crippen molar-refractivity contribution in [3.63, 3.8) is 0 Å². The van der Waals surface area contributed by atoms with Gasteiger partial charge < -0.3 is 24.4 Å². The Hall–Kier alpha value is -3.62. The van der Waals surface area contributed by atoms with Crippen LogP contribution in [0.2, 0.25) is 0 Å². The lowest BCUT2D eigenvalue weighted by Gasteiger charge is -2.26. The number of rotatable bonds is 8. The van der Waals surface area contributed by atoms with Crippen molar-refractivity contribution in [1.82, 2.24) is 4.90 Å². The van der Waals surface area contributed by atoms with Gasteiger partial charge in [-0.1, -0.05) is 30.3 Å². The number of ether oxygens (including phenoxy) is 3. The van der Waals surface area contributed by atoms with Gasteiger partial charge in [0.05, 0.1) is 27.4 Å². The summed E-state index contributed by atoms with van der Waals surface area (Å²) in [7, 11) is 3.35. The minimum Gasteiger partial charge on any atom is -0.493 e. The number of morpholine rings is 1. The molecule has 0 atom stereocenters. The molecule has 2 N–H and O–H groups in total. The molecule has 1 aliphatic heterocycles. The normalized spacial score (nSPS) is 15.1. The van der Waals surface area contributed by atoms with Gasteiger partial charge in [-0.3, -0.25) is 4.90 Å². The number of hydrogen-bond acceptors (Lipinski definition) is 6. The van der Waals surface area contributed by atoms with E-state index in [9.17, 15) is 9.59 Å². The fourth-order valence-electron chi connectivity index (χ4n) is 4.20. The van der Waals surface area contributed by atoms with E-state index in [1.54, 1.807) is 14.2 Å². The van der Waals surface area contributed by atoms with Gasteiger partial charge in [-0.05, 0) is 52.8 Å². The molecule has 1 aliphatic carbocycles. The van der Waals surface area contributed by atoms with E-state index < -0.39 is 11.9 Å². The molecule has 0 bridgehead atoms. The van der Waals surface area contributed by atoms with Gasteiger partial charge in [-0.25, -0.2) is 9.59 Å². The van der Waals surface area contributed by atoms with Crippen molar-refractivity contribution < 1.29 is 34.0 Å². The maximum absolute atomic E-state index is 9.55. The quantitative estimate of drug-likeness (QED) is 0.550. The SMILES string of the molecule is COc1ccc(-c2cccc3c2CC=C3CCN2CCOCC2)cc1OC.O=C(O)C=CC(=O)O. The lowest BCUT2D eigenvalue weighted by Crippen LogP contribution is -2.36. The first-order chi connectivity index (χ1) is 16.9. The minimum absolute atomic E-state index is 0.558. The molecule has 1 fully saturated rings. The third-order valence-electron chi connectivity index (χ3n) is 5.94. The first-order valence-corrected chi connectivity index (χ1v) is 11.4. The molecular weight excluding hydrogens is 450 g/mol. The summed E-state index contributed by atoms with van der Waals surface area (Å²) in [6, 6.07) is 12.8. The van der Waals surface area contributed by atoms with Crippen LogP contribution in [-0.2, 0) is 20.7 Å². The topological polar surface area (TPSA) is 106 Å². The summed E-state index contributed by atoms with van der Waals surface area (Å²) in [5.41, 5.74) is 6.74. The lowest BCUT2D eigenvalue weighted by atomic mass is 9.94. The van der Waals surface area contributed by atoms with Crippen molar-refractivity contribution in [1.29, 1.82) is 0 Å². The molecule has 0 aromatic heterocycles. The molecule has 0 saturated carbocycles. The van der Waals surface area contributed by atoms with Crippen LogP contribution in [0.1, 0.15) is 17.5 Å². The molecule has 0 amide bonds. The second-order valence-corrected chi connectivity index (χ2v) is 8.05. The maximum Gasteiger partial charge on any atom is 0.328 e. The van der Waals surface area contributed by atoms with Gasteiger partial charge in [0.1, 0.15) is 0 Å². The second-order valence-electron chi connectivity index (χ2n) is 8.05. The van der Waals surface area contributed by atoms with Crippen molar-refractivity contribution in [2.75, 3.05) is 47.1 Å². The molecule has 1 saturated heterocycles. The Morgan fingerprint density at radius 3 is 2.26 bits per heavy atom. The Morgan fingerprint density at radius 1 is 0.971 bits per heavy atom. The second kappa shape index (κ2) is 12.7. The van der Waals surface area contributed by atoms with E-state index >= 15 is 0 Å². The largest absolute Gasteiger partial charge is 0.493 e. The van der Waals surface area contributed by atoms with Gasteiger partial charge in [0.25, 0.3) is 0 Å². The molecule has 0 unspecified atom stereocenters. The summed E-state index contributed by atoms with van der Waals surface area (Å²) < 4.78 is 16.3. The van der Waals surface area contributed by atoms with Crippen molar-refractivity contribution in [3.05, 3.63) is 65.8 Å². The van der Waals surface area contributed by atoms with E-state index in [1.807, 2.05) is 6.07 Å². The van der Waals surface area contributed by atoms with Gasteiger partial charge in [0.15, 0.2) is 11.5 Å². The number of aliphatic carboxylic acids is 2. The lowest BCUT2D eigenvalue weighted by molar-refractivity contribution is -0.134. The van der Waals surface area contributed by atoms with Gasteiger partial charge in [-0.2, -0.15) is 0 Å². The van der Waals surface area contributed by atoms with E-state index in [-0.39, 0.29) is 0 Å². The molecule has 8 heteroatoms. The van der Waals surface area contributed by atoms with Gasteiger partial charge >= 0.3 is 11.9 Å². The van der Waals surface area contributed by atoms with Crippen LogP contribution in [0, 0.1) is 0 Å². The Labute approximate surface area is 205 Å². The zero-order valence-corrected chi connectivity index (χ0v) is 20.0. The highest BCUT2D eigenvalue weighted by Gasteiger charge is 2.20. The first-order valence-electron chi connectivity index (χ1n) is 11.4. The summed E-state index contributed by atoms with van der Waals surface area (Å²) in [6.45, 7) is 4.92. The Balaban J connectivity index is 0.000000371. The molecule has 1 heterocycles. The highest BCUT2D eigenvalue weighted by atomic mass is 16.5. The van der Waals surface area contributed by atoms with Crippen LogP contribution in [0.5, 0.6) is 11.5 Å². The highest BCUT2D eigenvalue weighted by molar-refractivity contribution is 5.89. The summed E-state index contributed by atoms with van der Waals surface area (Å²) in [6.07, 6.45) is 5.61. The molecule has 0 spiro atoms. The molecule has 2 aromatic rings. The van der Waals surface area contributed by atoms with E-state index in [2.05, 4.69) is 41.3 Å². The van der Waals surface area contributed by atoms with E-state index in [0.29, 0.717) is 12.2 Å². The standard InChI is InChI=1S/C23H27NO3.C4H4O4/c1-25-22-9-7-18(16-23(22)26-2)20-5-3-4-19-17(6-8-21(19)20)10-11-24-12-14-27-15-13-24;5-3(6)1-2-4(7)8/h3-7,9,16H,8,10-15H2,1-2H3;1-2H,(H,5,6)(H,7,8). The fourth-order valence-corrected chi connectivity index (χ4v) is 4.20. The zero-order valence-electron chi connectivity index (χ0n) is 20.0. The third-order valence-corrected chi connectivity index (χ3v) is 5.94. The number of methoxy groups -OCH3 is 2.